The third kappa shape index (κ3) is 2.81. The van der Waals surface area contributed by atoms with Crippen molar-refractivity contribution < 1.29 is 9.59 Å². The molecule has 2 aliphatic rings. The van der Waals surface area contributed by atoms with Crippen LogP contribution < -0.4 is 4.90 Å². The lowest BCUT2D eigenvalue weighted by Crippen LogP contribution is -2.31. The van der Waals surface area contributed by atoms with E-state index < -0.39 is 0 Å². The lowest BCUT2D eigenvalue weighted by molar-refractivity contribution is -0.122. The van der Waals surface area contributed by atoms with Crippen molar-refractivity contribution >= 4 is 33.4 Å². The van der Waals surface area contributed by atoms with Gasteiger partial charge in [0.2, 0.25) is 11.8 Å². The number of benzene rings is 2. The van der Waals surface area contributed by atoms with Crippen molar-refractivity contribution in [1.29, 1.82) is 0 Å². The molecule has 2 fully saturated rings. The lowest BCUT2D eigenvalue weighted by atomic mass is 9.73. The van der Waals surface area contributed by atoms with Gasteiger partial charge in [-0.15, -0.1) is 0 Å². The Morgan fingerprint density at radius 3 is 2.19 bits per heavy atom. The highest BCUT2D eigenvalue weighted by Gasteiger charge is 2.50. The van der Waals surface area contributed by atoms with Crippen LogP contribution in [0, 0.1) is 25.7 Å². The van der Waals surface area contributed by atoms with E-state index in [-0.39, 0.29) is 23.7 Å². The molecule has 4 rings (SSSR count). The second kappa shape index (κ2) is 6.66. The molecule has 1 saturated carbocycles. The minimum absolute atomic E-state index is 0.0207. The number of carbonyl (C=O) groups excluding carboxylic acids is 2. The molecule has 26 heavy (non-hydrogen) atoms. The van der Waals surface area contributed by atoms with E-state index in [0.29, 0.717) is 11.6 Å². The maximum absolute atomic E-state index is 13.1. The minimum atomic E-state index is -0.189. The first-order chi connectivity index (χ1) is 12.5. The smallest absolute Gasteiger partial charge is 0.237 e. The van der Waals surface area contributed by atoms with Gasteiger partial charge < -0.3 is 0 Å². The predicted molar refractivity (Wildman–Crippen MR) is 106 cm³/mol. The Morgan fingerprint density at radius 2 is 1.54 bits per heavy atom. The van der Waals surface area contributed by atoms with Gasteiger partial charge in [-0.1, -0.05) is 46.3 Å². The predicted octanol–water partition coefficient (Wildman–Crippen LogP) is 5.14. The fraction of sp³-hybridized carbons (Fsp3) is 0.364. The number of imide groups is 1. The van der Waals surface area contributed by atoms with Crippen molar-refractivity contribution in [2.24, 2.45) is 11.8 Å². The zero-order chi connectivity index (χ0) is 18.4. The second-order valence-corrected chi connectivity index (χ2v) is 8.33. The van der Waals surface area contributed by atoms with Crippen molar-refractivity contribution in [3.8, 4) is 0 Å². The van der Waals surface area contributed by atoms with Gasteiger partial charge in [0.1, 0.15) is 0 Å². The monoisotopic (exact) mass is 411 g/mol. The summed E-state index contributed by atoms with van der Waals surface area (Å²) in [6.45, 7) is 3.98. The van der Waals surface area contributed by atoms with Gasteiger partial charge in [-0.3, -0.25) is 14.5 Å². The Bertz CT molecular complexity index is 854. The Hall–Kier alpha value is -1.94. The van der Waals surface area contributed by atoms with Gasteiger partial charge in [0.25, 0.3) is 0 Å². The molecule has 1 aliphatic heterocycles. The van der Waals surface area contributed by atoms with Crippen molar-refractivity contribution in [3.05, 3.63) is 63.6 Å². The molecule has 0 spiro atoms. The van der Waals surface area contributed by atoms with Gasteiger partial charge in [0.15, 0.2) is 0 Å². The molecule has 2 aromatic rings. The zero-order valence-electron chi connectivity index (χ0n) is 15.0. The summed E-state index contributed by atoms with van der Waals surface area (Å²) in [5.41, 5.74) is 4.07. The maximum atomic E-state index is 13.1. The van der Waals surface area contributed by atoms with Crippen LogP contribution in [0.3, 0.4) is 0 Å². The quantitative estimate of drug-likeness (QED) is 0.641. The van der Waals surface area contributed by atoms with E-state index in [4.69, 9.17) is 0 Å². The van der Waals surface area contributed by atoms with Crippen molar-refractivity contribution in [2.45, 2.75) is 39.0 Å². The molecule has 134 valence electrons. The number of fused-ring (bicyclic) bond motifs is 1. The van der Waals surface area contributed by atoms with Gasteiger partial charge in [0, 0.05) is 4.47 Å². The number of hydrogen-bond acceptors (Lipinski definition) is 2. The van der Waals surface area contributed by atoms with Crippen LogP contribution >= 0.6 is 15.9 Å². The number of nitrogens with zero attached hydrogens (tertiary/aromatic N) is 1. The number of carbonyl (C=O) groups is 2. The van der Waals surface area contributed by atoms with Gasteiger partial charge in [0.05, 0.1) is 17.5 Å². The Morgan fingerprint density at radius 1 is 0.923 bits per heavy atom. The third-order valence-corrected chi connectivity index (χ3v) is 7.13. The van der Waals surface area contributed by atoms with Gasteiger partial charge in [-0.2, -0.15) is 0 Å². The first kappa shape index (κ1) is 17.5. The van der Waals surface area contributed by atoms with Crippen LogP contribution in [-0.4, -0.2) is 11.8 Å². The molecular formula is C22H22BrNO2. The molecule has 0 N–H and O–H groups in total. The molecule has 2 aromatic carbocycles. The summed E-state index contributed by atoms with van der Waals surface area (Å²) in [4.78, 5) is 27.6. The zero-order valence-corrected chi connectivity index (χ0v) is 16.6. The molecular weight excluding hydrogens is 390 g/mol. The molecule has 2 amide bonds. The van der Waals surface area contributed by atoms with Crippen LogP contribution in [0.2, 0.25) is 0 Å². The first-order valence-corrected chi connectivity index (χ1v) is 9.96. The van der Waals surface area contributed by atoms with E-state index in [9.17, 15) is 9.59 Å². The fourth-order valence-electron chi connectivity index (χ4n) is 4.51. The Kier molecular flexibility index (Phi) is 4.47. The summed E-state index contributed by atoms with van der Waals surface area (Å²) < 4.78 is 1.03. The summed E-state index contributed by atoms with van der Waals surface area (Å²) in [5.74, 6) is -0.0330. The normalized spacial score (nSPS) is 25.5. The SMILES string of the molecule is Cc1cc(N2C(=O)[C@@H]3CC[C@@H](c4ccccc4)C[C@H]3C2=O)cc(C)c1Br. The third-order valence-electron chi connectivity index (χ3n) is 5.88. The van der Waals surface area contributed by atoms with E-state index >= 15 is 0 Å². The van der Waals surface area contributed by atoms with Gasteiger partial charge in [-0.05, 0) is 67.9 Å². The highest BCUT2D eigenvalue weighted by molar-refractivity contribution is 9.10. The number of hydrogen-bond donors (Lipinski definition) is 0. The van der Waals surface area contributed by atoms with E-state index in [1.54, 1.807) is 0 Å². The molecule has 3 atom stereocenters. The molecule has 3 nitrogen and oxygen atoms in total. The molecule has 4 heteroatoms. The molecule has 0 bridgehead atoms. The summed E-state index contributed by atoms with van der Waals surface area (Å²) in [6.07, 6.45) is 2.53. The summed E-state index contributed by atoms with van der Waals surface area (Å²) in [6, 6.07) is 14.2. The molecule has 1 saturated heterocycles. The number of rotatable bonds is 2. The summed E-state index contributed by atoms with van der Waals surface area (Å²) >= 11 is 3.56. The van der Waals surface area contributed by atoms with E-state index in [1.807, 2.05) is 44.2 Å². The van der Waals surface area contributed by atoms with Crippen LogP contribution in [0.25, 0.3) is 0 Å². The molecule has 0 radical (unpaired) electrons. The Labute approximate surface area is 162 Å². The molecule has 0 unspecified atom stereocenters. The number of halogens is 1. The van der Waals surface area contributed by atoms with Crippen LogP contribution in [0.5, 0.6) is 0 Å². The second-order valence-electron chi connectivity index (χ2n) is 7.54. The van der Waals surface area contributed by atoms with Crippen LogP contribution in [0.15, 0.2) is 46.9 Å². The molecule has 1 aliphatic carbocycles. The minimum Gasteiger partial charge on any atom is -0.274 e. The van der Waals surface area contributed by atoms with E-state index in [1.165, 1.54) is 10.5 Å². The Balaban J connectivity index is 1.64. The lowest BCUT2D eigenvalue weighted by Gasteiger charge is -2.28. The average molecular weight is 412 g/mol. The number of aryl methyl sites for hydroxylation is 2. The largest absolute Gasteiger partial charge is 0.274 e. The molecule has 0 aromatic heterocycles. The maximum Gasteiger partial charge on any atom is 0.237 e. The van der Waals surface area contributed by atoms with E-state index in [0.717, 1.165) is 34.9 Å². The van der Waals surface area contributed by atoms with Crippen LogP contribution in [0.4, 0.5) is 5.69 Å². The van der Waals surface area contributed by atoms with Gasteiger partial charge in [-0.25, -0.2) is 0 Å². The standard InChI is InChI=1S/C22H22BrNO2/c1-13-10-17(11-14(2)20(13)23)24-21(25)18-9-8-16(12-19(18)22(24)26)15-6-4-3-5-7-15/h3-7,10-11,16,18-19H,8-9,12H2,1-2H3/t16-,18-,19-/m1/s1. The summed E-state index contributed by atoms with van der Waals surface area (Å²) in [7, 11) is 0. The number of amides is 2. The highest BCUT2D eigenvalue weighted by atomic mass is 79.9. The highest BCUT2D eigenvalue weighted by Crippen LogP contribution is 2.46. The van der Waals surface area contributed by atoms with Crippen molar-refractivity contribution in [2.75, 3.05) is 4.90 Å². The van der Waals surface area contributed by atoms with Crippen LogP contribution in [0.1, 0.15) is 41.9 Å². The van der Waals surface area contributed by atoms with E-state index in [2.05, 4.69) is 28.1 Å². The average Bonchev–Trinajstić information content (AvgIpc) is 2.90. The van der Waals surface area contributed by atoms with Crippen molar-refractivity contribution in [1.82, 2.24) is 0 Å². The topological polar surface area (TPSA) is 37.4 Å². The number of anilines is 1. The van der Waals surface area contributed by atoms with Gasteiger partial charge >= 0.3 is 0 Å². The fourth-order valence-corrected chi connectivity index (χ4v) is 4.74. The first-order valence-electron chi connectivity index (χ1n) is 9.17. The van der Waals surface area contributed by atoms with Crippen molar-refractivity contribution in [3.63, 3.8) is 0 Å². The van der Waals surface area contributed by atoms with Crippen LogP contribution in [-0.2, 0) is 9.59 Å². The summed E-state index contributed by atoms with van der Waals surface area (Å²) in [5, 5.41) is 0. The molecule has 1 heterocycles.